The summed E-state index contributed by atoms with van der Waals surface area (Å²) in [7, 11) is 1.84. The highest BCUT2D eigenvalue weighted by Gasteiger charge is 2.28. The summed E-state index contributed by atoms with van der Waals surface area (Å²) in [6, 6.07) is 16.3. The van der Waals surface area contributed by atoms with Gasteiger partial charge in [-0.15, -0.1) is 0 Å². The second kappa shape index (κ2) is 5.44. The highest BCUT2D eigenvalue weighted by atomic mass is 127. The van der Waals surface area contributed by atoms with E-state index in [1.54, 1.807) is 4.90 Å². The zero-order valence-electron chi connectivity index (χ0n) is 11.1. The maximum Gasteiger partial charge on any atom is 0.229 e. The fraction of sp³-hybridized carbons (Fsp3) is 0.188. The van der Waals surface area contributed by atoms with Gasteiger partial charge in [-0.3, -0.25) is 4.79 Å². The highest BCUT2D eigenvalue weighted by Crippen LogP contribution is 2.35. The third-order valence-corrected chi connectivity index (χ3v) is 4.26. The number of hydrogen-bond acceptors (Lipinski definition) is 2. The number of amides is 1. The van der Waals surface area contributed by atoms with E-state index in [0.29, 0.717) is 6.42 Å². The summed E-state index contributed by atoms with van der Waals surface area (Å²) < 4.78 is 1.18. The molecule has 20 heavy (non-hydrogen) atoms. The molecular weight excluding hydrogens is 363 g/mol. The molecule has 1 aliphatic rings. The van der Waals surface area contributed by atoms with Crippen molar-refractivity contribution >= 4 is 39.9 Å². The van der Waals surface area contributed by atoms with Crippen LogP contribution in [0.1, 0.15) is 18.0 Å². The van der Waals surface area contributed by atoms with Crippen LogP contribution in [0, 0.1) is 3.57 Å². The molecule has 4 heteroatoms. The van der Waals surface area contributed by atoms with Gasteiger partial charge in [0.05, 0.1) is 12.5 Å². The van der Waals surface area contributed by atoms with Gasteiger partial charge in [0.15, 0.2) is 0 Å². The lowest BCUT2D eigenvalue weighted by Gasteiger charge is -2.32. The molecule has 1 amide bonds. The van der Waals surface area contributed by atoms with E-state index in [-0.39, 0.29) is 11.9 Å². The summed E-state index contributed by atoms with van der Waals surface area (Å²) in [4.78, 5) is 13.8. The van der Waals surface area contributed by atoms with Gasteiger partial charge in [0.1, 0.15) is 0 Å². The van der Waals surface area contributed by atoms with Gasteiger partial charge in [0.25, 0.3) is 0 Å². The molecule has 0 fully saturated rings. The minimum absolute atomic E-state index is 0.0353. The van der Waals surface area contributed by atoms with Gasteiger partial charge in [-0.25, -0.2) is 0 Å². The maximum atomic E-state index is 12.1. The molecule has 1 aliphatic heterocycles. The molecule has 2 aromatic rings. The topological polar surface area (TPSA) is 32.3 Å². The van der Waals surface area contributed by atoms with E-state index >= 15 is 0 Å². The number of fused-ring (bicyclic) bond motifs is 1. The van der Waals surface area contributed by atoms with Crippen LogP contribution in [0.3, 0.4) is 0 Å². The lowest BCUT2D eigenvalue weighted by atomic mass is 9.96. The first-order valence-electron chi connectivity index (χ1n) is 6.53. The SMILES string of the molecule is CN1C(=O)CC(Nc2cccc(I)c2)c2ccccc21. The van der Waals surface area contributed by atoms with Gasteiger partial charge >= 0.3 is 0 Å². The Labute approximate surface area is 132 Å². The standard InChI is InChI=1S/C16H15IN2O/c1-19-15-8-3-2-7-13(15)14(10-16(19)20)18-12-6-4-5-11(17)9-12/h2-9,14,18H,10H2,1H3. The Morgan fingerprint density at radius 3 is 2.80 bits per heavy atom. The van der Waals surface area contributed by atoms with Gasteiger partial charge < -0.3 is 10.2 Å². The van der Waals surface area contributed by atoms with Crippen LogP contribution in [-0.4, -0.2) is 13.0 Å². The summed E-state index contributed by atoms with van der Waals surface area (Å²) >= 11 is 2.29. The van der Waals surface area contributed by atoms with E-state index in [9.17, 15) is 4.79 Å². The summed E-state index contributed by atoms with van der Waals surface area (Å²) in [5.74, 6) is 0.145. The van der Waals surface area contributed by atoms with Crippen LogP contribution in [0.15, 0.2) is 48.5 Å². The van der Waals surface area contributed by atoms with Crippen molar-refractivity contribution < 1.29 is 4.79 Å². The van der Waals surface area contributed by atoms with Gasteiger partial charge in [-0.05, 0) is 52.4 Å². The van der Waals surface area contributed by atoms with Gasteiger partial charge in [-0.1, -0.05) is 24.3 Å². The minimum atomic E-state index is 0.0353. The van der Waals surface area contributed by atoms with Crippen molar-refractivity contribution in [2.75, 3.05) is 17.3 Å². The fourth-order valence-corrected chi connectivity index (χ4v) is 3.09. The number of hydrogen-bond donors (Lipinski definition) is 1. The van der Waals surface area contributed by atoms with Crippen molar-refractivity contribution in [3.05, 3.63) is 57.7 Å². The largest absolute Gasteiger partial charge is 0.378 e. The van der Waals surface area contributed by atoms with Crippen LogP contribution < -0.4 is 10.2 Å². The van der Waals surface area contributed by atoms with E-state index in [1.165, 1.54) is 9.13 Å². The monoisotopic (exact) mass is 378 g/mol. The Morgan fingerprint density at radius 1 is 1.20 bits per heavy atom. The number of benzene rings is 2. The normalized spacial score (nSPS) is 17.8. The van der Waals surface area contributed by atoms with Crippen LogP contribution in [-0.2, 0) is 4.79 Å². The average Bonchev–Trinajstić information content (AvgIpc) is 2.45. The molecule has 0 aromatic heterocycles. The molecular formula is C16H15IN2O. The Balaban J connectivity index is 1.94. The van der Waals surface area contributed by atoms with Crippen LogP contribution in [0.2, 0.25) is 0 Å². The van der Waals surface area contributed by atoms with Crippen molar-refractivity contribution in [2.45, 2.75) is 12.5 Å². The molecule has 0 saturated carbocycles. The third-order valence-electron chi connectivity index (χ3n) is 3.59. The quantitative estimate of drug-likeness (QED) is 0.807. The molecule has 0 radical (unpaired) electrons. The fourth-order valence-electron chi connectivity index (χ4n) is 2.55. The number of nitrogens with one attached hydrogen (secondary N) is 1. The van der Waals surface area contributed by atoms with E-state index in [0.717, 1.165) is 11.4 Å². The van der Waals surface area contributed by atoms with Crippen LogP contribution in [0.4, 0.5) is 11.4 Å². The summed E-state index contributed by atoms with van der Waals surface area (Å²) in [5.41, 5.74) is 3.22. The minimum Gasteiger partial charge on any atom is -0.378 e. The molecule has 1 heterocycles. The number of anilines is 2. The van der Waals surface area contributed by atoms with Crippen molar-refractivity contribution in [1.82, 2.24) is 0 Å². The lowest BCUT2D eigenvalue weighted by molar-refractivity contribution is -0.118. The summed E-state index contributed by atoms with van der Waals surface area (Å²) in [6.45, 7) is 0. The molecule has 0 spiro atoms. The Kier molecular flexibility index (Phi) is 3.65. The molecule has 1 N–H and O–H groups in total. The Hall–Kier alpha value is -1.56. The van der Waals surface area contributed by atoms with Gasteiger partial charge in [-0.2, -0.15) is 0 Å². The molecule has 2 aromatic carbocycles. The highest BCUT2D eigenvalue weighted by molar-refractivity contribution is 14.1. The molecule has 3 rings (SSSR count). The van der Waals surface area contributed by atoms with Crippen molar-refractivity contribution in [1.29, 1.82) is 0 Å². The lowest BCUT2D eigenvalue weighted by Crippen LogP contribution is -2.35. The Morgan fingerprint density at radius 2 is 2.00 bits per heavy atom. The number of carbonyl (C=O) groups excluding carboxylic acids is 1. The number of halogens is 1. The second-order valence-electron chi connectivity index (χ2n) is 4.92. The molecule has 102 valence electrons. The average molecular weight is 378 g/mol. The van der Waals surface area contributed by atoms with Gasteiger partial charge in [0, 0.05) is 22.0 Å². The van der Waals surface area contributed by atoms with Gasteiger partial charge in [0.2, 0.25) is 5.91 Å². The van der Waals surface area contributed by atoms with E-state index < -0.39 is 0 Å². The Bertz CT molecular complexity index is 656. The second-order valence-corrected chi connectivity index (χ2v) is 6.17. The zero-order valence-corrected chi connectivity index (χ0v) is 13.3. The summed E-state index contributed by atoms with van der Waals surface area (Å²) in [5, 5.41) is 3.48. The number of carbonyl (C=O) groups is 1. The number of rotatable bonds is 2. The van der Waals surface area contributed by atoms with Crippen LogP contribution in [0.5, 0.6) is 0 Å². The van der Waals surface area contributed by atoms with Crippen molar-refractivity contribution in [3.63, 3.8) is 0 Å². The first-order chi connectivity index (χ1) is 9.65. The van der Waals surface area contributed by atoms with Crippen LogP contribution in [0.25, 0.3) is 0 Å². The molecule has 1 unspecified atom stereocenters. The van der Waals surface area contributed by atoms with E-state index in [1.807, 2.05) is 37.4 Å². The number of para-hydroxylation sites is 1. The smallest absolute Gasteiger partial charge is 0.229 e. The molecule has 3 nitrogen and oxygen atoms in total. The summed E-state index contributed by atoms with van der Waals surface area (Å²) in [6.07, 6.45) is 0.485. The van der Waals surface area contributed by atoms with E-state index in [2.05, 4.69) is 46.1 Å². The molecule has 1 atom stereocenters. The molecule has 0 bridgehead atoms. The number of nitrogens with zero attached hydrogens (tertiary/aromatic N) is 1. The zero-order chi connectivity index (χ0) is 14.1. The molecule has 0 saturated heterocycles. The first kappa shape index (κ1) is 13.4. The van der Waals surface area contributed by atoms with Crippen molar-refractivity contribution in [2.24, 2.45) is 0 Å². The van der Waals surface area contributed by atoms with Crippen LogP contribution >= 0.6 is 22.6 Å². The molecule has 0 aliphatic carbocycles. The first-order valence-corrected chi connectivity index (χ1v) is 7.60. The predicted octanol–water partition coefficient (Wildman–Crippen LogP) is 3.81. The predicted molar refractivity (Wildman–Crippen MR) is 90.0 cm³/mol. The maximum absolute atomic E-state index is 12.1. The van der Waals surface area contributed by atoms with Crippen molar-refractivity contribution in [3.8, 4) is 0 Å². The third kappa shape index (κ3) is 2.52. The van der Waals surface area contributed by atoms with E-state index in [4.69, 9.17) is 0 Å².